The number of nitrogens with zero attached hydrogens (tertiary/aromatic N) is 3. The minimum Gasteiger partial charge on any atom is -0.478 e. The molecule has 1 amide bonds. The summed E-state index contributed by atoms with van der Waals surface area (Å²) in [6, 6.07) is 7.89. The lowest BCUT2D eigenvalue weighted by atomic mass is 10.1. The number of carboxylic acids is 2. The Labute approximate surface area is 150 Å². The van der Waals surface area contributed by atoms with Crippen LogP contribution in [0.15, 0.2) is 41.4 Å². The molecule has 1 aromatic rings. The molecule has 1 saturated carbocycles. The van der Waals surface area contributed by atoms with E-state index in [9.17, 15) is 14.4 Å². The van der Waals surface area contributed by atoms with Crippen molar-refractivity contribution < 1.29 is 24.6 Å². The Morgan fingerprint density at radius 3 is 2.42 bits per heavy atom. The fourth-order valence-electron chi connectivity index (χ4n) is 2.88. The Morgan fingerprint density at radius 1 is 1.15 bits per heavy atom. The number of aliphatic carboxylic acids is 2. The van der Waals surface area contributed by atoms with Gasteiger partial charge in [-0.2, -0.15) is 0 Å². The first-order valence-corrected chi connectivity index (χ1v) is 8.34. The Balaban J connectivity index is 0.000000211. The standard InChI is InChI=1S/C14H15N3O.C4H4O4/c18-13-11-3-1-2-4-12(11)17(9-10-5-6-10)14-15-7-8-16(13)14;5-3(6)1-2-4(7)8/h1-4,10H,5-9H2;1-2H,(H,5,6)(H,7,8). The van der Waals surface area contributed by atoms with Gasteiger partial charge in [0.15, 0.2) is 0 Å². The van der Waals surface area contributed by atoms with Crippen molar-refractivity contribution in [1.29, 1.82) is 0 Å². The minimum atomic E-state index is -1.26. The second-order valence-electron chi connectivity index (χ2n) is 6.22. The van der Waals surface area contributed by atoms with Crippen molar-refractivity contribution in [2.45, 2.75) is 12.8 Å². The second kappa shape index (κ2) is 7.38. The van der Waals surface area contributed by atoms with E-state index in [1.165, 1.54) is 12.8 Å². The molecule has 1 aromatic carbocycles. The van der Waals surface area contributed by atoms with Gasteiger partial charge in [0.25, 0.3) is 5.91 Å². The van der Waals surface area contributed by atoms with Crippen LogP contribution in [0.3, 0.4) is 0 Å². The number of benzene rings is 1. The molecule has 2 heterocycles. The van der Waals surface area contributed by atoms with Gasteiger partial charge in [-0.25, -0.2) is 9.59 Å². The van der Waals surface area contributed by atoms with E-state index >= 15 is 0 Å². The summed E-state index contributed by atoms with van der Waals surface area (Å²) < 4.78 is 0. The monoisotopic (exact) mass is 357 g/mol. The number of carboxylic acid groups (broad SMARTS) is 2. The van der Waals surface area contributed by atoms with Gasteiger partial charge in [0, 0.05) is 25.2 Å². The van der Waals surface area contributed by atoms with Gasteiger partial charge in [-0.1, -0.05) is 12.1 Å². The van der Waals surface area contributed by atoms with Crippen LogP contribution < -0.4 is 4.90 Å². The van der Waals surface area contributed by atoms with Gasteiger partial charge < -0.3 is 15.1 Å². The van der Waals surface area contributed by atoms with Crippen LogP contribution in [0.1, 0.15) is 23.2 Å². The van der Waals surface area contributed by atoms with E-state index in [-0.39, 0.29) is 5.91 Å². The predicted octanol–water partition coefficient (Wildman–Crippen LogP) is 1.44. The Bertz CT molecular complexity index is 782. The maximum Gasteiger partial charge on any atom is 0.328 e. The van der Waals surface area contributed by atoms with Crippen LogP contribution in [0.2, 0.25) is 0 Å². The number of rotatable bonds is 4. The smallest absolute Gasteiger partial charge is 0.328 e. The quantitative estimate of drug-likeness (QED) is 0.789. The number of guanidine groups is 1. The highest BCUT2D eigenvalue weighted by Crippen LogP contribution is 2.36. The summed E-state index contributed by atoms with van der Waals surface area (Å²) in [5.41, 5.74) is 1.85. The molecule has 3 aliphatic rings. The van der Waals surface area contributed by atoms with Gasteiger partial charge in [0.05, 0.1) is 17.8 Å². The van der Waals surface area contributed by atoms with E-state index in [0.29, 0.717) is 12.2 Å². The van der Waals surface area contributed by atoms with E-state index in [1.54, 1.807) is 0 Å². The lowest BCUT2D eigenvalue weighted by Gasteiger charge is -2.36. The number of fused-ring (bicyclic) bond motifs is 2. The van der Waals surface area contributed by atoms with Crippen LogP contribution in [-0.4, -0.2) is 58.6 Å². The molecule has 0 bridgehead atoms. The maximum absolute atomic E-state index is 12.4. The highest BCUT2D eigenvalue weighted by atomic mass is 16.4. The summed E-state index contributed by atoms with van der Waals surface area (Å²) in [4.78, 5) is 40.0. The third-order valence-corrected chi connectivity index (χ3v) is 4.24. The molecule has 0 spiro atoms. The fourth-order valence-corrected chi connectivity index (χ4v) is 2.88. The summed E-state index contributed by atoms with van der Waals surface area (Å²) in [5.74, 6) is -0.768. The molecule has 8 heteroatoms. The largest absolute Gasteiger partial charge is 0.478 e. The van der Waals surface area contributed by atoms with Gasteiger partial charge in [-0.05, 0) is 30.9 Å². The van der Waals surface area contributed by atoms with Crippen molar-refractivity contribution >= 4 is 29.5 Å². The minimum absolute atomic E-state index is 0.105. The molecular weight excluding hydrogens is 338 g/mol. The summed E-state index contributed by atoms with van der Waals surface area (Å²) in [5, 5.41) is 15.6. The van der Waals surface area contributed by atoms with E-state index in [0.717, 1.165) is 42.8 Å². The van der Waals surface area contributed by atoms with Crippen LogP contribution in [0, 0.1) is 5.92 Å². The zero-order valence-electron chi connectivity index (χ0n) is 14.0. The highest BCUT2D eigenvalue weighted by Gasteiger charge is 2.39. The zero-order chi connectivity index (χ0) is 18.7. The van der Waals surface area contributed by atoms with Crippen molar-refractivity contribution in [3.05, 3.63) is 42.0 Å². The Morgan fingerprint density at radius 2 is 1.81 bits per heavy atom. The third-order valence-electron chi connectivity index (χ3n) is 4.24. The number of hydrogen-bond acceptors (Lipinski definition) is 5. The molecule has 1 fully saturated rings. The van der Waals surface area contributed by atoms with Crippen molar-refractivity contribution in [3.8, 4) is 0 Å². The summed E-state index contributed by atoms with van der Waals surface area (Å²) in [6.45, 7) is 2.46. The SMILES string of the molecule is O=C(O)C=CC(=O)O.O=C1c2ccccc2N(CC2CC2)C2=NCCN12. The van der Waals surface area contributed by atoms with Crippen molar-refractivity contribution in [2.24, 2.45) is 10.9 Å². The van der Waals surface area contributed by atoms with Crippen molar-refractivity contribution in [1.82, 2.24) is 4.90 Å². The molecule has 0 radical (unpaired) electrons. The molecule has 136 valence electrons. The van der Waals surface area contributed by atoms with Gasteiger partial charge in [-0.15, -0.1) is 0 Å². The average molecular weight is 357 g/mol. The molecule has 1 aliphatic carbocycles. The summed E-state index contributed by atoms with van der Waals surface area (Å²) >= 11 is 0. The van der Waals surface area contributed by atoms with Crippen molar-refractivity contribution in [3.63, 3.8) is 0 Å². The zero-order valence-corrected chi connectivity index (χ0v) is 14.0. The summed E-state index contributed by atoms with van der Waals surface area (Å²) in [7, 11) is 0. The van der Waals surface area contributed by atoms with E-state index in [2.05, 4.69) is 9.89 Å². The van der Waals surface area contributed by atoms with Crippen molar-refractivity contribution in [2.75, 3.05) is 24.5 Å². The first-order valence-electron chi connectivity index (χ1n) is 8.34. The molecular formula is C18H19N3O5. The Hall–Kier alpha value is -3.16. The molecule has 2 aliphatic heterocycles. The lowest BCUT2D eigenvalue weighted by molar-refractivity contribution is -0.134. The second-order valence-corrected chi connectivity index (χ2v) is 6.22. The average Bonchev–Trinajstić information content (AvgIpc) is 3.30. The van der Waals surface area contributed by atoms with E-state index in [4.69, 9.17) is 10.2 Å². The van der Waals surface area contributed by atoms with Crippen LogP contribution in [0.5, 0.6) is 0 Å². The lowest BCUT2D eigenvalue weighted by Crippen LogP contribution is -2.50. The number of aliphatic imine (C=N–C) groups is 1. The molecule has 0 saturated heterocycles. The maximum atomic E-state index is 12.4. The molecule has 4 rings (SSSR count). The molecule has 8 nitrogen and oxygen atoms in total. The molecule has 26 heavy (non-hydrogen) atoms. The van der Waals surface area contributed by atoms with Gasteiger partial charge in [-0.3, -0.25) is 14.7 Å². The van der Waals surface area contributed by atoms with Crippen LogP contribution in [-0.2, 0) is 9.59 Å². The van der Waals surface area contributed by atoms with Gasteiger partial charge >= 0.3 is 11.9 Å². The first kappa shape index (κ1) is 17.7. The highest BCUT2D eigenvalue weighted by molar-refractivity contribution is 6.19. The number of para-hydroxylation sites is 1. The first-order chi connectivity index (χ1) is 12.5. The topological polar surface area (TPSA) is 111 Å². The van der Waals surface area contributed by atoms with E-state index in [1.807, 2.05) is 29.2 Å². The molecule has 0 aromatic heterocycles. The number of carbonyl (C=O) groups excluding carboxylic acids is 1. The van der Waals surface area contributed by atoms with E-state index < -0.39 is 11.9 Å². The normalized spacial score (nSPS) is 18.0. The number of amides is 1. The number of carbonyl (C=O) groups is 3. The molecule has 0 unspecified atom stereocenters. The summed E-state index contributed by atoms with van der Waals surface area (Å²) in [6.07, 6.45) is 3.73. The van der Waals surface area contributed by atoms with Gasteiger partial charge in [0.1, 0.15) is 0 Å². The molecule has 2 N–H and O–H groups in total. The van der Waals surface area contributed by atoms with Crippen LogP contribution >= 0.6 is 0 Å². The fraction of sp³-hybridized carbons (Fsp3) is 0.333. The van der Waals surface area contributed by atoms with Crippen LogP contribution in [0.4, 0.5) is 5.69 Å². The Kier molecular flexibility index (Phi) is 5.01. The predicted molar refractivity (Wildman–Crippen MR) is 94.3 cm³/mol. The number of anilines is 1. The van der Waals surface area contributed by atoms with Gasteiger partial charge in [0.2, 0.25) is 5.96 Å². The molecule has 0 atom stereocenters. The third kappa shape index (κ3) is 3.90. The van der Waals surface area contributed by atoms with Crippen LogP contribution in [0.25, 0.3) is 0 Å². The number of hydrogen-bond donors (Lipinski definition) is 2.